The van der Waals surface area contributed by atoms with Crippen molar-refractivity contribution in [3.63, 3.8) is 0 Å². The second-order valence-electron chi connectivity index (χ2n) is 10.3. The summed E-state index contributed by atoms with van der Waals surface area (Å²) in [7, 11) is 0. The SMILES string of the molecule is O=C(NC(C(=O)O[C@H]1C[N+]2(CC(=O)c3cccs3)CCC1CC2)c1ccccc1)c1ccccc1.O=C([O-])C(F)(F)F. The van der Waals surface area contributed by atoms with Crippen LogP contribution in [0.3, 0.4) is 0 Å². The summed E-state index contributed by atoms with van der Waals surface area (Å²) in [6.07, 6.45) is -3.59. The normalized spacial score (nSPS) is 21.8. The largest absolute Gasteiger partial charge is 0.542 e. The van der Waals surface area contributed by atoms with Crippen molar-refractivity contribution in [1.82, 2.24) is 5.32 Å². The minimum Gasteiger partial charge on any atom is -0.542 e. The maximum Gasteiger partial charge on any atom is 0.430 e. The van der Waals surface area contributed by atoms with Gasteiger partial charge >= 0.3 is 12.1 Å². The Morgan fingerprint density at radius 1 is 0.952 bits per heavy atom. The second-order valence-corrected chi connectivity index (χ2v) is 11.3. The van der Waals surface area contributed by atoms with E-state index in [4.69, 9.17) is 14.6 Å². The number of nitrogens with one attached hydrogen (secondary N) is 1. The van der Waals surface area contributed by atoms with Crippen molar-refractivity contribution in [3.8, 4) is 0 Å². The Morgan fingerprint density at radius 2 is 1.55 bits per heavy atom. The van der Waals surface area contributed by atoms with Crippen LogP contribution in [0, 0.1) is 5.92 Å². The van der Waals surface area contributed by atoms with Crippen LogP contribution in [-0.4, -0.2) is 66.6 Å². The standard InChI is InChI=1S/C28H28N2O4S.C2HF3O2/c31-23(25-12-7-17-35-25)18-30-15-13-20(14-16-30)24(19-30)34-28(33)26(21-8-3-1-4-9-21)29-27(32)22-10-5-2-6-11-22;3-2(4,5)1(6)7/h1-12,17,20,24,26H,13-16,18-19H2;(H,6,7)/t20?,24-,26?,30?;/m0./s1. The molecule has 0 saturated carbocycles. The molecule has 12 heteroatoms. The molecule has 3 aliphatic rings. The third-order valence-corrected chi connectivity index (χ3v) is 8.41. The molecule has 42 heavy (non-hydrogen) atoms. The third-order valence-electron chi connectivity index (χ3n) is 7.50. The molecule has 222 valence electrons. The van der Waals surface area contributed by atoms with E-state index >= 15 is 0 Å². The van der Waals surface area contributed by atoms with Gasteiger partial charge in [0.15, 0.2) is 12.1 Å². The predicted octanol–water partition coefficient (Wildman–Crippen LogP) is 3.55. The van der Waals surface area contributed by atoms with Gasteiger partial charge in [-0.05, 0) is 29.1 Å². The number of nitrogens with zero attached hydrogens (tertiary/aromatic N) is 1. The van der Waals surface area contributed by atoms with Gasteiger partial charge in [-0.25, -0.2) is 4.79 Å². The molecule has 3 aromatic rings. The molecule has 2 aromatic carbocycles. The van der Waals surface area contributed by atoms with E-state index in [0.29, 0.717) is 28.7 Å². The van der Waals surface area contributed by atoms with Crippen LogP contribution in [0.5, 0.6) is 0 Å². The van der Waals surface area contributed by atoms with E-state index in [1.54, 1.807) is 24.3 Å². The number of benzene rings is 2. The van der Waals surface area contributed by atoms with Crippen molar-refractivity contribution in [3.05, 3.63) is 94.2 Å². The summed E-state index contributed by atoms with van der Waals surface area (Å²) < 4.78 is 38.3. The number of rotatable bonds is 8. The summed E-state index contributed by atoms with van der Waals surface area (Å²) in [5.41, 5.74) is 1.17. The summed E-state index contributed by atoms with van der Waals surface area (Å²) >= 11 is 1.47. The summed E-state index contributed by atoms with van der Waals surface area (Å²) in [5, 5.41) is 13.6. The summed E-state index contributed by atoms with van der Waals surface area (Å²) in [6.45, 7) is 2.95. The van der Waals surface area contributed by atoms with Gasteiger partial charge in [0, 0.05) is 24.3 Å². The number of halogens is 3. The van der Waals surface area contributed by atoms with Crippen LogP contribution in [0.15, 0.2) is 78.2 Å². The van der Waals surface area contributed by atoms with Gasteiger partial charge in [-0.1, -0.05) is 54.6 Å². The second kappa shape index (κ2) is 13.3. The molecule has 1 amide bonds. The fourth-order valence-corrected chi connectivity index (χ4v) is 6.00. The zero-order valence-corrected chi connectivity index (χ0v) is 23.2. The molecule has 2 atom stereocenters. The Kier molecular flexibility index (Phi) is 9.79. The van der Waals surface area contributed by atoms with Gasteiger partial charge in [0.2, 0.25) is 5.78 Å². The lowest BCUT2D eigenvalue weighted by Crippen LogP contribution is -2.65. The molecule has 2 bridgehead atoms. The van der Waals surface area contributed by atoms with Crippen LogP contribution < -0.4 is 10.4 Å². The van der Waals surface area contributed by atoms with Crippen molar-refractivity contribution < 1.29 is 46.7 Å². The third kappa shape index (κ3) is 7.83. The van der Waals surface area contributed by atoms with E-state index in [9.17, 15) is 27.6 Å². The summed E-state index contributed by atoms with van der Waals surface area (Å²) in [4.78, 5) is 48.8. The Balaban J connectivity index is 0.000000517. The van der Waals surface area contributed by atoms with Crippen LogP contribution in [0.2, 0.25) is 0 Å². The highest BCUT2D eigenvalue weighted by atomic mass is 32.1. The molecule has 3 saturated heterocycles. The fraction of sp³-hybridized carbons (Fsp3) is 0.333. The number of carbonyl (C=O) groups excluding carboxylic acids is 4. The average molecular weight is 603 g/mol. The quantitative estimate of drug-likeness (QED) is 0.240. The first-order chi connectivity index (χ1) is 20.0. The number of ketones is 1. The molecule has 1 aromatic heterocycles. The van der Waals surface area contributed by atoms with Crippen molar-refractivity contribution in [2.75, 3.05) is 26.2 Å². The number of carbonyl (C=O) groups is 4. The van der Waals surface area contributed by atoms with E-state index in [2.05, 4.69) is 5.32 Å². The lowest BCUT2D eigenvalue weighted by atomic mass is 9.83. The molecule has 1 unspecified atom stereocenters. The number of carboxylic acid groups (broad SMARTS) is 1. The first kappa shape index (κ1) is 30.9. The number of thiophene rings is 1. The Labute approximate surface area is 244 Å². The predicted molar refractivity (Wildman–Crippen MR) is 145 cm³/mol. The number of hydrogen-bond acceptors (Lipinski definition) is 7. The van der Waals surface area contributed by atoms with Gasteiger partial charge in [-0.2, -0.15) is 13.2 Å². The molecule has 6 rings (SSSR count). The molecular formula is C30H29F3N2O6S. The maximum atomic E-state index is 13.5. The lowest BCUT2D eigenvalue weighted by molar-refractivity contribution is -0.938. The molecular weight excluding hydrogens is 573 g/mol. The zero-order valence-electron chi connectivity index (χ0n) is 22.4. The number of esters is 1. The minimum absolute atomic E-state index is 0.155. The smallest absolute Gasteiger partial charge is 0.430 e. The number of alkyl halides is 3. The molecule has 0 radical (unpaired) electrons. The molecule has 8 nitrogen and oxygen atoms in total. The van der Waals surface area contributed by atoms with Crippen molar-refractivity contribution in [2.45, 2.75) is 31.2 Å². The highest BCUT2D eigenvalue weighted by Crippen LogP contribution is 2.36. The number of carboxylic acids is 1. The van der Waals surface area contributed by atoms with E-state index in [1.807, 2.05) is 53.9 Å². The number of aliphatic carboxylic acids is 1. The fourth-order valence-electron chi connectivity index (χ4n) is 5.34. The number of Topliss-reactive ketones (excluding diaryl/α,β-unsaturated/α-hetero) is 1. The average Bonchev–Trinajstić information content (AvgIpc) is 3.52. The highest BCUT2D eigenvalue weighted by molar-refractivity contribution is 7.12. The molecule has 3 aliphatic heterocycles. The van der Waals surface area contributed by atoms with E-state index < -0.39 is 24.2 Å². The van der Waals surface area contributed by atoms with Gasteiger partial charge in [0.25, 0.3) is 5.91 Å². The van der Waals surface area contributed by atoms with E-state index in [0.717, 1.165) is 30.8 Å². The maximum absolute atomic E-state index is 13.5. The number of fused-ring (bicyclic) bond motifs is 3. The number of hydrogen-bond donors (Lipinski definition) is 1. The molecule has 1 N–H and O–H groups in total. The van der Waals surface area contributed by atoms with Crippen LogP contribution >= 0.6 is 11.3 Å². The minimum atomic E-state index is -5.19. The van der Waals surface area contributed by atoms with E-state index in [1.165, 1.54) is 11.3 Å². The monoisotopic (exact) mass is 602 g/mol. The first-order valence-corrected chi connectivity index (χ1v) is 14.2. The van der Waals surface area contributed by atoms with Gasteiger partial charge in [0.1, 0.15) is 19.1 Å². The topological polar surface area (TPSA) is 113 Å². The molecule has 0 spiro atoms. The van der Waals surface area contributed by atoms with Crippen LogP contribution in [-0.2, 0) is 14.3 Å². The number of ether oxygens (including phenoxy) is 1. The number of piperidine rings is 3. The Bertz CT molecular complexity index is 1380. The summed E-state index contributed by atoms with van der Waals surface area (Å²) in [5.74, 6) is -3.34. The first-order valence-electron chi connectivity index (χ1n) is 13.3. The van der Waals surface area contributed by atoms with E-state index in [-0.39, 0.29) is 23.7 Å². The van der Waals surface area contributed by atoms with Gasteiger partial charge < -0.3 is 24.4 Å². The van der Waals surface area contributed by atoms with Crippen molar-refractivity contribution >= 4 is 35.0 Å². The Morgan fingerprint density at radius 3 is 2.10 bits per heavy atom. The van der Waals surface area contributed by atoms with Crippen LogP contribution in [0.1, 0.15) is 44.5 Å². The molecule has 4 heterocycles. The Hall–Kier alpha value is -4.03. The summed E-state index contributed by atoms with van der Waals surface area (Å²) in [6, 6.07) is 20.9. The lowest BCUT2D eigenvalue weighted by Gasteiger charge is -2.51. The van der Waals surface area contributed by atoms with Crippen molar-refractivity contribution in [2.24, 2.45) is 5.92 Å². The highest BCUT2D eigenvalue weighted by Gasteiger charge is 2.49. The van der Waals surface area contributed by atoms with Gasteiger partial charge in [-0.15, -0.1) is 11.3 Å². The van der Waals surface area contributed by atoms with Crippen LogP contribution in [0.25, 0.3) is 0 Å². The zero-order chi connectivity index (χ0) is 30.3. The van der Waals surface area contributed by atoms with Crippen molar-refractivity contribution in [1.29, 1.82) is 0 Å². The van der Waals surface area contributed by atoms with Crippen LogP contribution in [0.4, 0.5) is 13.2 Å². The molecule has 0 aliphatic carbocycles. The van der Waals surface area contributed by atoms with Gasteiger partial charge in [0.05, 0.1) is 18.0 Å². The molecule has 3 fully saturated rings. The number of quaternary nitrogens is 1. The van der Waals surface area contributed by atoms with Gasteiger partial charge in [-0.3, -0.25) is 9.59 Å². The number of amides is 1.